The van der Waals surface area contributed by atoms with Gasteiger partial charge in [-0.15, -0.1) is 34.0 Å². The Morgan fingerprint density at radius 3 is 1.62 bits per heavy atom. The Kier molecular flexibility index (Phi) is 6.05. The van der Waals surface area contributed by atoms with E-state index in [1.165, 1.54) is 39.7 Å². The Morgan fingerprint density at radius 1 is 0.340 bits per heavy atom. The van der Waals surface area contributed by atoms with Gasteiger partial charge >= 0.3 is 0 Å². The van der Waals surface area contributed by atoms with Crippen molar-refractivity contribution in [2.24, 2.45) is 0 Å². The molecule has 220 valence electrons. The van der Waals surface area contributed by atoms with Crippen LogP contribution in [0, 0.1) is 0 Å². The molecule has 0 spiro atoms. The molecule has 4 heterocycles. The van der Waals surface area contributed by atoms with Crippen LogP contribution in [0.15, 0.2) is 133 Å². The first-order valence-corrected chi connectivity index (χ1v) is 17.8. The summed E-state index contributed by atoms with van der Waals surface area (Å²) in [7, 11) is 0. The summed E-state index contributed by atoms with van der Waals surface area (Å²) in [6.07, 6.45) is 0. The lowest BCUT2D eigenvalue weighted by molar-refractivity contribution is 1.08. The van der Waals surface area contributed by atoms with E-state index >= 15 is 0 Å². The van der Waals surface area contributed by atoms with Crippen LogP contribution in [-0.2, 0) is 0 Å². The molecular weight excluding hydrogens is 633 g/mol. The van der Waals surface area contributed by atoms with Crippen molar-refractivity contribution < 1.29 is 0 Å². The van der Waals surface area contributed by atoms with Crippen LogP contribution in [0.3, 0.4) is 0 Å². The lowest BCUT2D eigenvalue weighted by Gasteiger charge is -2.11. The highest BCUT2D eigenvalue weighted by Gasteiger charge is 2.21. The molecule has 0 aliphatic heterocycles. The molecule has 47 heavy (non-hydrogen) atoms. The summed E-state index contributed by atoms with van der Waals surface area (Å²) in [5, 5.41) is 5.76. The second kappa shape index (κ2) is 10.6. The second-order valence-electron chi connectivity index (χ2n) is 11.4. The Morgan fingerprint density at radius 2 is 0.872 bits per heavy atom. The highest BCUT2D eigenvalue weighted by molar-refractivity contribution is 7.26. The summed E-state index contributed by atoms with van der Waals surface area (Å²) in [6.45, 7) is 0. The van der Waals surface area contributed by atoms with Crippen molar-refractivity contribution in [2.75, 3.05) is 0 Å². The standard InChI is InChI=1S/C40H22N4S3/c1-2-11-23(12-3-1)37-42-38(25-14-8-20-31-34(25)24-13-4-6-18-29(24)45-31)44-39(43-37)26-15-9-21-32-35(26)36-27(16-10-22-33(36)46-32)40-41-28-17-5-7-19-30(28)47-40/h1-22H. The fourth-order valence-electron chi connectivity index (χ4n) is 6.51. The van der Waals surface area contributed by atoms with E-state index in [1.54, 1.807) is 34.0 Å². The summed E-state index contributed by atoms with van der Waals surface area (Å²) in [5.74, 6) is 1.99. The Balaban J connectivity index is 1.27. The number of aromatic nitrogens is 4. The van der Waals surface area contributed by atoms with Crippen molar-refractivity contribution in [3.05, 3.63) is 133 Å². The van der Waals surface area contributed by atoms with Gasteiger partial charge in [-0.25, -0.2) is 19.9 Å². The van der Waals surface area contributed by atoms with Crippen LogP contribution in [0.2, 0.25) is 0 Å². The minimum absolute atomic E-state index is 0.657. The molecule has 0 radical (unpaired) electrons. The Hall–Kier alpha value is -5.34. The molecule has 0 saturated carbocycles. The fraction of sp³-hybridized carbons (Fsp3) is 0. The van der Waals surface area contributed by atoms with Gasteiger partial charge in [0.25, 0.3) is 0 Å². The Labute approximate surface area is 281 Å². The van der Waals surface area contributed by atoms with E-state index in [1.807, 2.05) is 24.3 Å². The SMILES string of the molecule is c1ccc(-c2nc(-c3cccc4sc5ccccc5c34)nc(-c3cccc4sc5cccc(-c6nc7ccccc7s6)c5c34)n2)cc1. The largest absolute Gasteiger partial charge is 0.236 e. The predicted molar refractivity (Wildman–Crippen MR) is 201 cm³/mol. The van der Waals surface area contributed by atoms with Crippen molar-refractivity contribution in [3.63, 3.8) is 0 Å². The molecule has 0 aliphatic rings. The van der Waals surface area contributed by atoms with Crippen molar-refractivity contribution in [3.8, 4) is 44.7 Å². The number of para-hydroxylation sites is 1. The van der Waals surface area contributed by atoms with E-state index in [9.17, 15) is 0 Å². The monoisotopic (exact) mass is 654 g/mol. The lowest BCUT2D eigenvalue weighted by atomic mass is 10.0. The highest BCUT2D eigenvalue weighted by Crippen LogP contribution is 2.46. The molecule has 10 rings (SSSR count). The average molecular weight is 655 g/mol. The van der Waals surface area contributed by atoms with E-state index in [2.05, 4.69) is 109 Å². The molecule has 0 atom stereocenters. The minimum Gasteiger partial charge on any atom is -0.236 e. The average Bonchev–Trinajstić information content (AvgIpc) is 3.85. The van der Waals surface area contributed by atoms with Crippen LogP contribution in [0.5, 0.6) is 0 Å². The molecule has 0 bridgehead atoms. The molecule has 0 N–H and O–H groups in total. The third-order valence-corrected chi connectivity index (χ3v) is 11.9. The third-order valence-electron chi connectivity index (χ3n) is 8.60. The van der Waals surface area contributed by atoms with Gasteiger partial charge in [0.05, 0.1) is 10.2 Å². The second-order valence-corrected chi connectivity index (χ2v) is 14.6. The van der Waals surface area contributed by atoms with E-state index in [4.69, 9.17) is 19.9 Å². The van der Waals surface area contributed by atoms with Gasteiger partial charge in [-0.05, 0) is 36.4 Å². The number of thiophene rings is 2. The van der Waals surface area contributed by atoms with Gasteiger partial charge in [0, 0.05) is 62.6 Å². The van der Waals surface area contributed by atoms with Crippen molar-refractivity contribution in [1.82, 2.24) is 19.9 Å². The van der Waals surface area contributed by atoms with Crippen LogP contribution < -0.4 is 0 Å². The number of fused-ring (bicyclic) bond motifs is 7. The smallest absolute Gasteiger partial charge is 0.164 e. The molecule has 4 nitrogen and oxygen atoms in total. The fourth-order valence-corrected chi connectivity index (χ4v) is 9.80. The van der Waals surface area contributed by atoms with E-state index < -0.39 is 0 Å². The van der Waals surface area contributed by atoms with Gasteiger partial charge in [-0.2, -0.15) is 0 Å². The molecule has 0 unspecified atom stereocenters. The van der Waals surface area contributed by atoms with Gasteiger partial charge in [0.15, 0.2) is 17.5 Å². The van der Waals surface area contributed by atoms with Gasteiger partial charge in [0.1, 0.15) is 5.01 Å². The van der Waals surface area contributed by atoms with E-state index in [-0.39, 0.29) is 0 Å². The number of hydrogen-bond acceptors (Lipinski definition) is 7. The predicted octanol–water partition coefficient (Wildman–Crippen LogP) is 11.9. The molecule has 0 amide bonds. The molecule has 7 heteroatoms. The summed E-state index contributed by atoms with van der Waals surface area (Å²) in [5.41, 5.74) is 5.12. The number of hydrogen-bond donors (Lipinski definition) is 0. The normalized spacial score (nSPS) is 11.8. The van der Waals surface area contributed by atoms with Crippen LogP contribution in [0.25, 0.3) is 95.3 Å². The zero-order chi connectivity index (χ0) is 30.9. The first-order valence-electron chi connectivity index (χ1n) is 15.3. The zero-order valence-corrected chi connectivity index (χ0v) is 27.2. The van der Waals surface area contributed by atoms with Gasteiger partial charge in [-0.1, -0.05) is 97.1 Å². The first kappa shape index (κ1) is 26.8. The summed E-state index contributed by atoms with van der Waals surface area (Å²) >= 11 is 5.34. The van der Waals surface area contributed by atoms with Crippen LogP contribution in [-0.4, -0.2) is 19.9 Å². The zero-order valence-electron chi connectivity index (χ0n) is 24.7. The van der Waals surface area contributed by atoms with Gasteiger partial charge in [-0.3, -0.25) is 0 Å². The summed E-state index contributed by atoms with van der Waals surface area (Å²) in [4.78, 5) is 20.7. The van der Waals surface area contributed by atoms with Crippen LogP contribution in [0.1, 0.15) is 0 Å². The minimum atomic E-state index is 0.657. The number of thiazole rings is 1. The molecule has 0 saturated heterocycles. The van der Waals surface area contributed by atoms with Crippen molar-refractivity contribution in [1.29, 1.82) is 0 Å². The van der Waals surface area contributed by atoms with Crippen molar-refractivity contribution >= 4 is 84.6 Å². The third kappa shape index (κ3) is 4.32. The van der Waals surface area contributed by atoms with Crippen molar-refractivity contribution in [2.45, 2.75) is 0 Å². The molecule has 0 aliphatic carbocycles. The highest BCUT2D eigenvalue weighted by atomic mass is 32.1. The van der Waals surface area contributed by atoms with Gasteiger partial charge < -0.3 is 0 Å². The summed E-state index contributed by atoms with van der Waals surface area (Å²) < 4.78 is 6.07. The molecular formula is C40H22N4S3. The maximum Gasteiger partial charge on any atom is 0.164 e. The number of nitrogens with zero attached hydrogens (tertiary/aromatic N) is 4. The van der Waals surface area contributed by atoms with Crippen LogP contribution in [0.4, 0.5) is 0 Å². The van der Waals surface area contributed by atoms with E-state index in [0.717, 1.165) is 38.2 Å². The first-order chi connectivity index (χ1) is 23.3. The molecule has 0 fully saturated rings. The summed E-state index contributed by atoms with van der Waals surface area (Å²) in [6, 6.07) is 46.6. The number of rotatable bonds is 4. The van der Waals surface area contributed by atoms with Crippen LogP contribution >= 0.6 is 34.0 Å². The Bertz CT molecular complexity index is 2780. The van der Waals surface area contributed by atoms with Gasteiger partial charge in [0.2, 0.25) is 0 Å². The molecule has 6 aromatic carbocycles. The van der Waals surface area contributed by atoms with E-state index in [0.29, 0.717) is 17.5 Å². The maximum absolute atomic E-state index is 5.28. The maximum atomic E-state index is 5.28. The quantitative estimate of drug-likeness (QED) is 0.189. The number of benzene rings is 6. The topological polar surface area (TPSA) is 51.6 Å². The lowest BCUT2D eigenvalue weighted by Crippen LogP contribution is -2.00. The molecule has 10 aromatic rings. The molecule has 4 aromatic heterocycles.